The predicted molar refractivity (Wildman–Crippen MR) is 86.3 cm³/mol. The molecule has 3 heterocycles. The zero-order valence-electron chi connectivity index (χ0n) is 13.3. The minimum Gasteiger partial charge on any atom is -0.444 e. The van der Waals surface area contributed by atoms with Gasteiger partial charge in [0.1, 0.15) is 10.8 Å². The van der Waals surface area contributed by atoms with Gasteiger partial charge in [-0.2, -0.15) is 0 Å². The number of pyridine rings is 1. The second kappa shape index (κ2) is 5.61. The van der Waals surface area contributed by atoms with Crippen molar-refractivity contribution < 1.29 is 9.53 Å². The third-order valence-corrected chi connectivity index (χ3v) is 4.47. The molecule has 0 saturated carbocycles. The highest BCUT2D eigenvalue weighted by atomic mass is 35.5. The van der Waals surface area contributed by atoms with Gasteiger partial charge in [-0.15, -0.1) is 0 Å². The number of carbonyl (C=O) groups excluding carboxylic acids is 1. The van der Waals surface area contributed by atoms with Gasteiger partial charge in [-0.1, -0.05) is 11.6 Å². The lowest BCUT2D eigenvalue weighted by molar-refractivity contribution is 0.0107. The van der Waals surface area contributed by atoms with E-state index in [1.165, 1.54) is 0 Å². The minimum atomic E-state index is -0.451. The van der Waals surface area contributed by atoms with Crippen molar-refractivity contribution in [1.29, 1.82) is 0 Å². The summed E-state index contributed by atoms with van der Waals surface area (Å²) >= 11 is 5.84. The number of likely N-dealkylation sites (tertiary alicyclic amines) is 1. The molecule has 0 spiro atoms. The number of aromatic nitrogens is 1. The van der Waals surface area contributed by atoms with Gasteiger partial charge in [0.25, 0.3) is 0 Å². The molecule has 0 aliphatic carbocycles. The van der Waals surface area contributed by atoms with Crippen LogP contribution >= 0.6 is 11.6 Å². The van der Waals surface area contributed by atoms with Crippen molar-refractivity contribution >= 4 is 23.4 Å². The zero-order valence-corrected chi connectivity index (χ0v) is 14.0. The number of piperidine rings is 1. The summed E-state index contributed by atoms with van der Waals surface area (Å²) < 4.78 is 5.48. The van der Waals surface area contributed by atoms with E-state index in [2.05, 4.69) is 9.88 Å². The molecule has 0 unspecified atom stereocenters. The standard InChI is InChI=1S/C16H22ClN3O2/c1-16(2,3)22-15(21)19-7-6-11-9-20(13(11)10-19)12-4-5-14(17)18-8-12/h4-5,8,11,13H,6-7,9-10H2,1-3H3/t11-,13-/m1/s1. The van der Waals surface area contributed by atoms with Gasteiger partial charge >= 0.3 is 6.09 Å². The van der Waals surface area contributed by atoms with Crippen LogP contribution in [0.1, 0.15) is 27.2 Å². The van der Waals surface area contributed by atoms with E-state index >= 15 is 0 Å². The fourth-order valence-corrected chi connectivity index (χ4v) is 3.24. The van der Waals surface area contributed by atoms with Crippen molar-refractivity contribution in [2.45, 2.75) is 38.8 Å². The smallest absolute Gasteiger partial charge is 0.410 e. The van der Waals surface area contributed by atoms with Gasteiger partial charge in [-0.25, -0.2) is 9.78 Å². The Labute approximate surface area is 136 Å². The minimum absolute atomic E-state index is 0.216. The van der Waals surface area contributed by atoms with E-state index in [1.54, 1.807) is 12.3 Å². The van der Waals surface area contributed by atoms with Crippen LogP contribution in [0.25, 0.3) is 0 Å². The number of ether oxygens (including phenoxy) is 1. The van der Waals surface area contributed by atoms with Gasteiger partial charge in [0.05, 0.1) is 17.9 Å². The van der Waals surface area contributed by atoms with Gasteiger partial charge < -0.3 is 14.5 Å². The molecule has 1 aromatic heterocycles. The zero-order chi connectivity index (χ0) is 15.9. The summed E-state index contributed by atoms with van der Waals surface area (Å²) in [4.78, 5) is 20.5. The summed E-state index contributed by atoms with van der Waals surface area (Å²) in [5, 5.41) is 0.500. The number of halogens is 1. The Morgan fingerprint density at radius 2 is 2.14 bits per heavy atom. The normalized spacial score (nSPS) is 24.5. The molecule has 1 amide bonds. The van der Waals surface area contributed by atoms with E-state index in [0.29, 0.717) is 23.7 Å². The average Bonchev–Trinajstić information content (AvgIpc) is 2.40. The Balaban J connectivity index is 1.65. The molecule has 0 N–H and O–H groups in total. The first-order chi connectivity index (χ1) is 10.3. The SMILES string of the molecule is CC(C)(C)OC(=O)N1CC[C@@H]2CN(c3ccc(Cl)nc3)[C@@H]2C1. The molecule has 6 heteroatoms. The van der Waals surface area contributed by atoms with Crippen LogP contribution in [0, 0.1) is 5.92 Å². The Morgan fingerprint density at radius 3 is 2.77 bits per heavy atom. The molecule has 0 radical (unpaired) electrons. The Morgan fingerprint density at radius 1 is 1.36 bits per heavy atom. The highest BCUT2D eigenvalue weighted by Gasteiger charge is 2.44. The first kappa shape index (κ1) is 15.4. The number of nitrogens with zero attached hydrogens (tertiary/aromatic N) is 3. The second-order valence-corrected chi connectivity index (χ2v) is 7.42. The van der Waals surface area contributed by atoms with Crippen LogP contribution < -0.4 is 4.90 Å². The first-order valence-electron chi connectivity index (χ1n) is 7.69. The van der Waals surface area contributed by atoms with Gasteiger partial charge in [-0.3, -0.25) is 0 Å². The van der Waals surface area contributed by atoms with E-state index < -0.39 is 5.60 Å². The lowest BCUT2D eigenvalue weighted by Crippen LogP contribution is -2.65. The van der Waals surface area contributed by atoms with Crippen LogP contribution in [0.5, 0.6) is 0 Å². The van der Waals surface area contributed by atoms with Crippen LogP contribution in [-0.2, 0) is 4.74 Å². The largest absolute Gasteiger partial charge is 0.444 e. The number of anilines is 1. The van der Waals surface area contributed by atoms with Gasteiger partial charge in [0.2, 0.25) is 0 Å². The van der Waals surface area contributed by atoms with E-state index in [-0.39, 0.29) is 6.09 Å². The number of amides is 1. The van der Waals surface area contributed by atoms with Gasteiger partial charge in [-0.05, 0) is 39.3 Å². The number of hydrogen-bond acceptors (Lipinski definition) is 4. The molecule has 1 aromatic rings. The van der Waals surface area contributed by atoms with Crippen LogP contribution in [0.2, 0.25) is 5.15 Å². The highest BCUT2D eigenvalue weighted by molar-refractivity contribution is 6.29. The van der Waals surface area contributed by atoms with Crippen LogP contribution in [0.3, 0.4) is 0 Å². The van der Waals surface area contributed by atoms with Crippen LogP contribution in [0.4, 0.5) is 10.5 Å². The Bertz CT molecular complexity index is 556. The number of fused-ring (bicyclic) bond motifs is 1. The van der Waals surface area contributed by atoms with Crippen molar-refractivity contribution in [3.8, 4) is 0 Å². The van der Waals surface area contributed by atoms with Crippen LogP contribution in [0.15, 0.2) is 18.3 Å². The number of hydrogen-bond donors (Lipinski definition) is 0. The Kier molecular flexibility index (Phi) is 3.93. The summed E-state index contributed by atoms with van der Waals surface area (Å²) in [5.74, 6) is 0.648. The fraction of sp³-hybridized carbons (Fsp3) is 0.625. The Hall–Kier alpha value is -1.49. The first-order valence-corrected chi connectivity index (χ1v) is 8.07. The van der Waals surface area contributed by atoms with Crippen molar-refractivity contribution in [2.75, 3.05) is 24.5 Å². The second-order valence-electron chi connectivity index (χ2n) is 7.03. The molecular formula is C16H22ClN3O2. The summed E-state index contributed by atoms with van der Waals surface area (Å²) in [5.41, 5.74) is 0.615. The van der Waals surface area contributed by atoms with E-state index in [9.17, 15) is 4.79 Å². The van der Waals surface area contributed by atoms with E-state index in [0.717, 1.165) is 25.2 Å². The predicted octanol–water partition coefficient (Wildman–Crippen LogP) is 3.18. The van der Waals surface area contributed by atoms with Gasteiger partial charge in [0, 0.05) is 25.6 Å². The maximum Gasteiger partial charge on any atom is 0.410 e. The topological polar surface area (TPSA) is 45.7 Å². The lowest BCUT2D eigenvalue weighted by atomic mass is 9.82. The third kappa shape index (κ3) is 3.14. The van der Waals surface area contributed by atoms with Crippen molar-refractivity contribution in [2.24, 2.45) is 5.92 Å². The monoisotopic (exact) mass is 323 g/mol. The van der Waals surface area contributed by atoms with Crippen molar-refractivity contribution in [3.63, 3.8) is 0 Å². The summed E-state index contributed by atoms with van der Waals surface area (Å²) in [6, 6.07) is 4.14. The van der Waals surface area contributed by atoms with E-state index in [1.807, 2.05) is 31.7 Å². The molecular weight excluding hydrogens is 302 g/mol. The molecule has 2 aliphatic heterocycles. The number of carbonyl (C=O) groups is 1. The third-order valence-electron chi connectivity index (χ3n) is 4.25. The molecule has 5 nitrogen and oxygen atoms in total. The molecule has 2 aliphatic rings. The van der Waals surface area contributed by atoms with Crippen LogP contribution in [-0.4, -0.2) is 47.3 Å². The summed E-state index contributed by atoms with van der Waals surface area (Å²) in [6.45, 7) is 8.20. The number of rotatable bonds is 1. The molecule has 2 atom stereocenters. The average molecular weight is 324 g/mol. The summed E-state index contributed by atoms with van der Waals surface area (Å²) in [7, 11) is 0. The quantitative estimate of drug-likeness (QED) is 0.745. The molecule has 0 bridgehead atoms. The summed E-state index contributed by atoms with van der Waals surface area (Å²) in [6.07, 6.45) is 2.61. The van der Waals surface area contributed by atoms with Crippen molar-refractivity contribution in [3.05, 3.63) is 23.5 Å². The molecule has 0 aromatic carbocycles. The van der Waals surface area contributed by atoms with Crippen molar-refractivity contribution in [1.82, 2.24) is 9.88 Å². The van der Waals surface area contributed by atoms with E-state index in [4.69, 9.17) is 16.3 Å². The fourth-order valence-electron chi connectivity index (χ4n) is 3.12. The maximum atomic E-state index is 12.2. The van der Waals surface area contributed by atoms with Gasteiger partial charge in [0.15, 0.2) is 0 Å². The molecule has 2 fully saturated rings. The highest BCUT2D eigenvalue weighted by Crippen LogP contribution is 2.36. The molecule has 3 rings (SSSR count). The maximum absolute atomic E-state index is 12.2. The molecule has 22 heavy (non-hydrogen) atoms. The molecule has 2 saturated heterocycles. The molecule has 120 valence electrons. The lowest BCUT2D eigenvalue weighted by Gasteiger charge is -2.54.